The van der Waals surface area contributed by atoms with Crippen LogP contribution in [0.15, 0.2) is 54.6 Å². The van der Waals surface area contributed by atoms with Crippen LogP contribution in [0.3, 0.4) is 0 Å². The Kier molecular flexibility index (Phi) is 6.97. The molecule has 0 amide bonds. The van der Waals surface area contributed by atoms with Gasteiger partial charge in [-0.2, -0.15) is 0 Å². The highest BCUT2D eigenvalue weighted by Crippen LogP contribution is 2.30. The number of nitrogens with one attached hydrogen (secondary N) is 1. The van der Waals surface area contributed by atoms with Crippen LogP contribution in [0.5, 0.6) is 5.75 Å². The molecule has 0 unspecified atom stereocenters. The molecule has 0 aliphatic rings. The first-order chi connectivity index (χ1) is 13.1. The number of ether oxygens (including phenoxy) is 1. The van der Waals surface area contributed by atoms with Crippen LogP contribution in [0, 0.1) is 0 Å². The van der Waals surface area contributed by atoms with Crippen LogP contribution in [-0.4, -0.2) is 17.8 Å². The second kappa shape index (κ2) is 9.43. The number of halogens is 2. The summed E-state index contributed by atoms with van der Waals surface area (Å²) in [5.74, 6) is 0.806. The Balaban J connectivity index is 1.87. The predicted octanol–water partition coefficient (Wildman–Crippen LogP) is 5.59. The van der Waals surface area contributed by atoms with Crippen molar-refractivity contribution in [2.45, 2.75) is 32.5 Å². The Morgan fingerprint density at radius 1 is 1.07 bits per heavy atom. The molecule has 0 saturated carbocycles. The smallest absolute Gasteiger partial charge is 0.124 e. The van der Waals surface area contributed by atoms with Crippen LogP contribution in [0.1, 0.15) is 24.5 Å². The topological polar surface area (TPSA) is 41.5 Å². The Morgan fingerprint density at radius 3 is 2.63 bits per heavy atom. The number of hydrogen-bond acceptors (Lipinski definition) is 3. The number of benzene rings is 3. The van der Waals surface area contributed by atoms with E-state index in [4.69, 9.17) is 27.9 Å². The molecule has 0 radical (unpaired) electrons. The Hall–Kier alpha value is -1.78. The lowest BCUT2D eigenvalue weighted by Crippen LogP contribution is -2.31. The van der Waals surface area contributed by atoms with E-state index >= 15 is 0 Å². The third-order valence-corrected chi connectivity index (χ3v) is 5.26. The fourth-order valence-electron chi connectivity index (χ4n) is 3.01. The van der Waals surface area contributed by atoms with E-state index in [1.165, 1.54) is 0 Å². The summed E-state index contributed by atoms with van der Waals surface area (Å²) in [5, 5.41) is 16.4. The zero-order valence-corrected chi connectivity index (χ0v) is 16.7. The van der Waals surface area contributed by atoms with E-state index in [9.17, 15) is 5.11 Å². The lowest BCUT2D eigenvalue weighted by molar-refractivity contribution is 0.237. The van der Waals surface area contributed by atoms with Gasteiger partial charge >= 0.3 is 0 Å². The summed E-state index contributed by atoms with van der Waals surface area (Å²) in [6.07, 6.45) is 0.859. The number of fused-ring (bicyclic) bond motifs is 1. The molecule has 2 N–H and O–H groups in total. The van der Waals surface area contributed by atoms with Gasteiger partial charge in [0.15, 0.2) is 0 Å². The fraction of sp³-hybridized carbons (Fsp3) is 0.273. The molecular formula is C22H23Cl2NO2. The molecule has 3 rings (SSSR count). The maximum Gasteiger partial charge on any atom is 0.124 e. The van der Waals surface area contributed by atoms with Crippen LogP contribution >= 0.6 is 23.2 Å². The summed E-state index contributed by atoms with van der Waals surface area (Å²) < 4.78 is 6.12. The standard InChI is InChI=1S/C22H23Cl2NO2/c1-2-18(13-26)25-12-20-19-6-4-3-5-15(19)8-10-22(20)27-14-16-7-9-17(23)11-21(16)24/h3-11,18,25-26H,2,12-14H2,1H3/t18-/m0/s1. The molecule has 0 bridgehead atoms. The average molecular weight is 404 g/mol. The molecule has 3 aromatic rings. The van der Waals surface area contributed by atoms with E-state index in [1.54, 1.807) is 6.07 Å². The average Bonchev–Trinajstić information content (AvgIpc) is 2.68. The van der Waals surface area contributed by atoms with Crippen molar-refractivity contribution in [1.82, 2.24) is 5.32 Å². The van der Waals surface area contributed by atoms with Crippen molar-refractivity contribution in [3.05, 3.63) is 75.8 Å². The van der Waals surface area contributed by atoms with Crippen molar-refractivity contribution in [1.29, 1.82) is 0 Å². The summed E-state index contributed by atoms with van der Waals surface area (Å²) in [4.78, 5) is 0. The first kappa shape index (κ1) is 20.0. The lowest BCUT2D eigenvalue weighted by atomic mass is 10.0. The largest absolute Gasteiger partial charge is 0.488 e. The number of aliphatic hydroxyl groups excluding tert-OH is 1. The predicted molar refractivity (Wildman–Crippen MR) is 113 cm³/mol. The van der Waals surface area contributed by atoms with Gasteiger partial charge in [0.25, 0.3) is 0 Å². The molecule has 5 heteroatoms. The van der Waals surface area contributed by atoms with E-state index in [2.05, 4.69) is 30.4 Å². The van der Waals surface area contributed by atoms with Crippen molar-refractivity contribution in [2.24, 2.45) is 0 Å². The van der Waals surface area contributed by atoms with Gasteiger partial charge in [0.1, 0.15) is 12.4 Å². The van der Waals surface area contributed by atoms with Crippen molar-refractivity contribution in [3.63, 3.8) is 0 Å². The van der Waals surface area contributed by atoms with Crippen LogP contribution in [0.4, 0.5) is 0 Å². The quantitative estimate of drug-likeness (QED) is 0.515. The highest BCUT2D eigenvalue weighted by atomic mass is 35.5. The minimum Gasteiger partial charge on any atom is -0.488 e. The van der Waals surface area contributed by atoms with Crippen molar-refractivity contribution < 1.29 is 9.84 Å². The third-order valence-electron chi connectivity index (χ3n) is 4.68. The number of rotatable bonds is 8. The van der Waals surface area contributed by atoms with Gasteiger partial charge in [0.2, 0.25) is 0 Å². The first-order valence-electron chi connectivity index (χ1n) is 9.04. The van der Waals surface area contributed by atoms with Crippen molar-refractivity contribution in [2.75, 3.05) is 6.61 Å². The van der Waals surface area contributed by atoms with E-state index in [0.29, 0.717) is 23.2 Å². The maximum atomic E-state index is 9.47. The normalized spacial score (nSPS) is 12.3. The Labute approximate surface area is 169 Å². The van der Waals surface area contributed by atoms with Crippen LogP contribution in [-0.2, 0) is 13.2 Å². The second-order valence-corrected chi connectivity index (χ2v) is 7.30. The van der Waals surface area contributed by atoms with Gasteiger partial charge < -0.3 is 15.2 Å². The number of aliphatic hydroxyl groups is 1. The summed E-state index contributed by atoms with van der Waals surface area (Å²) in [7, 11) is 0. The minimum absolute atomic E-state index is 0.0579. The monoisotopic (exact) mass is 403 g/mol. The van der Waals surface area contributed by atoms with Gasteiger partial charge in [-0.1, -0.05) is 66.5 Å². The molecule has 0 aromatic heterocycles. The second-order valence-electron chi connectivity index (χ2n) is 6.46. The van der Waals surface area contributed by atoms with Gasteiger partial charge in [0.05, 0.1) is 6.61 Å². The van der Waals surface area contributed by atoms with Gasteiger partial charge in [0, 0.05) is 33.8 Å². The van der Waals surface area contributed by atoms with Crippen molar-refractivity contribution in [3.8, 4) is 5.75 Å². The molecule has 1 atom stereocenters. The van der Waals surface area contributed by atoms with Crippen LogP contribution in [0.25, 0.3) is 10.8 Å². The van der Waals surface area contributed by atoms with Gasteiger partial charge in [-0.25, -0.2) is 0 Å². The van der Waals surface area contributed by atoms with Gasteiger partial charge in [-0.15, -0.1) is 0 Å². The zero-order valence-electron chi connectivity index (χ0n) is 15.2. The molecular weight excluding hydrogens is 381 g/mol. The van der Waals surface area contributed by atoms with Gasteiger partial charge in [-0.3, -0.25) is 0 Å². The molecule has 0 spiro atoms. The summed E-state index contributed by atoms with van der Waals surface area (Å²) in [5.41, 5.74) is 1.96. The minimum atomic E-state index is 0.0579. The van der Waals surface area contributed by atoms with Gasteiger partial charge in [-0.05, 0) is 35.4 Å². The Bertz CT molecular complexity index is 910. The van der Waals surface area contributed by atoms with Crippen molar-refractivity contribution >= 4 is 34.0 Å². The van der Waals surface area contributed by atoms with E-state index < -0.39 is 0 Å². The van der Waals surface area contributed by atoms with E-state index in [0.717, 1.165) is 34.1 Å². The highest BCUT2D eigenvalue weighted by molar-refractivity contribution is 6.35. The molecule has 0 saturated heterocycles. The SMILES string of the molecule is CC[C@@H](CO)NCc1c(OCc2ccc(Cl)cc2Cl)ccc2ccccc12. The zero-order chi connectivity index (χ0) is 19.2. The molecule has 3 aromatic carbocycles. The molecule has 142 valence electrons. The van der Waals surface area contributed by atoms with Crippen LogP contribution < -0.4 is 10.1 Å². The molecule has 0 heterocycles. The van der Waals surface area contributed by atoms with E-state index in [1.807, 2.05) is 30.3 Å². The molecule has 0 aliphatic carbocycles. The third kappa shape index (κ3) is 4.94. The molecule has 3 nitrogen and oxygen atoms in total. The molecule has 27 heavy (non-hydrogen) atoms. The van der Waals surface area contributed by atoms with E-state index in [-0.39, 0.29) is 12.6 Å². The fourth-order valence-corrected chi connectivity index (χ4v) is 3.48. The summed E-state index contributed by atoms with van der Waals surface area (Å²) in [6, 6.07) is 17.7. The first-order valence-corrected chi connectivity index (χ1v) is 9.79. The summed E-state index contributed by atoms with van der Waals surface area (Å²) in [6.45, 7) is 3.14. The maximum absolute atomic E-state index is 9.47. The highest BCUT2D eigenvalue weighted by Gasteiger charge is 2.12. The molecule has 0 aliphatic heterocycles. The molecule has 0 fully saturated rings. The number of hydrogen-bond donors (Lipinski definition) is 2. The Morgan fingerprint density at radius 2 is 1.89 bits per heavy atom. The van der Waals surface area contributed by atoms with Crippen LogP contribution in [0.2, 0.25) is 10.0 Å². The summed E-state index contributed by atoms with van der Waals surface area (Å²) >= 11 is 12.2. The lowest BCUT2D eigenvalue weighted by Gasteiger charge is -2.18.